The van der Waals surface area contributed by atoms with Gasteiger partial charge in [0.05, 0.1) is 6.54 Å². The molecule has 2 rings (SSSR count). The average Bonchev–Trinajstić information content (AvgIpc) is 3.20. The molecule has 1 fully saturated rings. The third kappa shape index (κ3) is 3.53. The van der Waals surface area contributed by atoms with Gasteiger partial charge in [0.15, 0.2) is 0 Å². The highest BCUT2D eigenvalue weighted by molar-refractivity contribution is 5.79. The van der Waals surface area contributed by atoms with E-state index in [0.29, 0.717) is 11.5 Å². The summed E-state index contributed by atoms with van der Waals surface area (Å²) in [7, 11) is 0. The molecular formula is C15H20FNO2. The molecule has 1 amide bonds. The van der Waals surface area contributed by atoms with Crippen molar-refractivity contribution in [3.05, 3.63) is 35.6 Å². The average molecular weight is 265 g/mol. The predicted molar refractivity (Wildman–Crippen MR) is 70.9 cm³/mol. The maximum atomic E-state index is 12.8. The number of hydrogen-bond acceptors (Lipinski definition) is 2. The summed E-state index contributed by atoms with van der Waals surface area (Å²) in [5, 5.41) is 13.1. The van der Waals surface area contributed by atoms with E-state index in [2.05, 4.69) is 5.32 Å². The second kappa shape index (κ2) is 5.29. The fraction of sp³-hybridized carbons (Fsp3) is 0.533. The van der Waals surface area contributed by atoms with Crippen LogP contribution in [0.15, 0.2) is 24.3 Å². The molecule has 0 bridgehead atoms. The molecule has 2 N–H and O–H groups in total. The normalized spacial score (nSPS) is 19.6. The van der Waals surface area contributed by atoms with Gasteiger partial charge >= 0.3 is 0 Å². The molecule has 0 heterocycles. The van der Waals surface area contributed by atoms with E-state index in [-0.39, 0.29) is 24.2 Å². The van der Waals surface area contributed by atoms with Crippen LogP contribution in [0.5, 0.6) is 0 Å². The van der Waals surface area contributed by atoms with Crippen molar-refractivity contribution in [3.8, 4) is 0 Å². The monoisotopic (exact) mass is 265 g/mol. The Hall–Kier alpha value is -1.42. The van der Waals surface area contributed by atoms with Gasteiger partial charge in [0.2, 0.25) is 5.91 Å². The molecule has 4 heteroatoms. The number of halogens is 1. The van der Waals surface area contributed by atoms with Crippen LogP contribution in [0, 0.1) is 17.7 Å². The first kappa shape index (κ1) is 14.0. The minimum atomic E-state index is -1.19. The first-order chi connectivity index (χ1) is 8.90. The van der Waals surface area contributed by atoms with Crippen LogP contribution in [0.4, 0.5) is 4.39 Å². The van der Waals surface area contributed by atoms with E-state index in [0.717, 1.165) is 12.8 Å². The molecule has 1 aromatic rings. The Morgan fingerprint density at radius 2 is 2.05 bits per heavy atom. The first-order valence-electron chi connectivity index (χ1n) is 6.66. The molecule has 1 aliphatic carbocycles. The molecule has 0 aliphatic heterocycles. The molecule has 2 unspecified atom stereocenters. The quantitative estimate of drug-likeness (QED) is 0.857. The summed E-state index contributed by atoms with van der Waals surface area (Å²) in [6, 6.07) is 5.68. The number of amides is 1. The van der Waals surface area contributed by atoms with Crippen LogP contribution in [0.3, 0.4) is 0 Å². The van der Waals surface area contributed by atoms with E-state index < -0.39 is 5.60 Å². The van der Waals surface area contributed by atoms with E-state index >= 15 is 0 Å². The van der Waals surface area contributed by atoms with E-state index in [1.54, 1.807) is 6.92 Å². The van der Waals surface area contributed by atoms with Crippen LogP contribution in [0.25, 0.3) is 0 Å². The first-order valence-corrected chi connectivity index (χ1v) is 6.66. The van der Waals surface area contributed by atoms with Gasteiger partial charge in [0, 0.05) is 5.92 Å². The van der Waals surface area contributed by atoms with Crippen molar-refractivity contribution < 1.29 is 14.3 Å². The van der Waals surface area contributed by atoms with Gasteiger partial charge in [0.1, 0.15) is 11.4 Å². The molecule has 1 aromatic carbocycles. The van der Waals surface area contributed by atoms with Gasteiger partial charge in [-0.05, 0) is 43.4 Å². The number of aliphatic hydroxyl groups is 1. The van der Waals surface area contributed by atoms with Gasteiger partial charge in [-0.25, -0.2) is 4.39 Å². The smallest absolute Gasteiger partial charge is 0.223 e. The standard InChI is InChI=1S/C15H20FNO2/c1-10(11-3-4-11)14(18)17-9-15(2,19)12-5-7-13(16)8-6-12/h5-8,10-11,19H,3-4,9H2,1-2H3,(H,17,18). The number of benzene rings is 1. The van der Waals surface area contributed by atoms with Crippen LogP contribution in [-0.4, -0.2) is 17.6 Å². The molecule has 1 aliphatic rings. The topological polar surface area (TPSA) is 49.3 Å². The lowest BCUT2D eigenvalue weighted by Gasteiger charge is -2.25. The molecular weight excluding hydrogens is 245 g/mol. The molecule has 0 aromatic heterocycles. The number of hydrogen-bond donors (Lipinski definition) is 2. The number of rotatable bonds is 5. The van der Waals surface area contributed by atoms with Crippen molar-refractivity contribution in [1.82, 2.24) is 5.32 Å². The second-order valence-electron chi connectivity index (χ2n) is 5.62. The van der Waals surface area contributed by atoms with Crippen LogP contribution in [0.2, 0.25) is 0 Å². The summed E-state index contributed by atoms with van der Waals surface area (Å²) >= 11 is 0. The van der Waals surface area contributed by atoms with Gasteiger partial charge in [-0.2, -0.15) is 0 Å². The second-order valence-corrected chi connectivity index (χ2v) is 5.62. The zero-order valence-electron chi connectivity index (χ0n) is 11.3. The minimum absolute atomic E-state index is 0.00372. The molecule has 0 radical (unpaired) electrons. The molecule has 2 atom stereocenters. The summed E-state index contributed by atoms with van der Waals surface area (Å²) in [6.45, 7) is 3.66. The van der Waals surface area contributed by atoms with E-state index in [9.17, 15) is 14.3 Å². The summed E-state index contributed by atoms with van der Waals surface area (Å²) in [6.07, 6.45) is 2.23. The highest BCUT2D eigenvalue weighted by Gasteiger charge is 2.33. The Bertz CT molecular complexity index is 452. The van der Waals surface area contributed by atoms with Crippen molar-refractivity contribution in [2.24, 2.45) is 11.8 Å². The predicted octanol–water partition coefficient (Wildman–Crippen LogP) is 2.20. The Balaban J connectivity index is 1.93. The highest BCUT2D eigenvalue weighted by Crippen LogP contribution is 2.36. The van der Waals surface area contributed by atoms with Crippen molar-refractivity contribution in [2.45, 2.75) is 32.3 Å². The Kier molecular flexibility index (Phi) is 3.90. The fourth-order valence-electron chi connectivity index (χ4n) is 2.14. The molecule has 19 heavy (non-hydrogen) atoms. The summed E-state index contributed by atoms with van der Waals surface area (Å²) in [5.74, 6) is 0.135. The SMILES string of the molecule is CC(C(=O)NCC(C)(O)c1ccc(F)cc1)C1CC1. The largest absolute Gasteiger partial charge is 0.384 e. The fourth-order valence-corrected chi connectivity index (χ4v) is 2.14. The van der Waals surface area contributed by atoms with E-state index in [4.69, 9.17) is 0 Å². The summed E-state index contributed by atoms with van der Waals surface area (Å²) in [5.41, 5.74) is -0.597. The van der Waals surface area contributed by atoms with Crippen molar-refractivity contribution in [2.75, 3.05) is 6.54 Å². The lowest BCUT2D eigenvalue weighted by Crippen LogP contribution is -2.41. The molecule has 3 nitrogen and oxygen atoms in total. The molecule has 0 spiro atoms. The van der Waals surface area contributed by atoms with Crippen molar-refractivity contribution in [3.63, 3.8) is 0 Å². The number of carbonyl (C=O) groups excluding carboxylic acids is 1. The van der Waals surface area contributed by atoms with Gasteiger partial charge in [-0.15, -0.1) is 0 Å². The third-order valence-corrected chi connectivity index (χ3v) is 3.82. The van der Waals surface area contributed by atoms with Crippen LogP contribution in [-0.2, 0) is 10.4 Å². The molecule has 0 saturated heterocycles. The van der Waals surface area contributed by atoms with Crippen molar-refractivity contribution >= 4 is 5.91 Å². The molecule has 1 saturated carbocycles. The van der Waals surface area contributed by atoms with Crippen LogP contribution < -0.4 is 5.32 Å². The Morgan fingerprint density at radius 1 is 1.47 bits per heavy atom. The minimum Gasteiger partial charge on any atom is -0.384 e. The Morgan fingerprint density at radius 3 is 2.58 bits per heavy atom. The maximum absolute atomic E-state index is 12.8. The van der Waals surface area contributed by atoms with Gasteiger partial charge < -0.3 is 10.4 Å². The highest BCUT2D eigenvalue weighted by atomic mass is 19.1. The summed E-state index contributed by atoms with van der Waals surface area (Å²) < 4.78 is 12.8. The van der Waals surface area contributed by atoms with Crippen LogP contribution >= 0.6 is 0 Å². The molecule has 104 valence electrons. The zero-order chi connectivity index (χ0) is 14.0. The zero-order valence-corrected chi connectivity index (χ0v) is 11.3. The van der Waals surface area contributed by atoms with Gasteiger partial charge in [0.25, 0.3) is 0 Å². The van der Waals surface area contributed by atoms with Crippen LogP contribution in [0.1, 0.15) is 32.3 Å². The van der Waals surface area contributed by atoms with E-state index in [1.807, 2.05) is 6.92 Å². The van der Waals surface area contributed by atoms with Gasteiger partial charge in [-0.3, -0.25) is 4.79 Å². The lowest BCUT2D eigenvalue weighted by molar-refractivity contribution is -0.126. The number of carbonyl (C=O) groups is 1. The summed E-state index contributed by atoms with van der Waals surface area (Å²) in [4.78, 5) is 11.9. The number of nitrogens with one attached hydrogen (secondary N) is 1. The Labute approximate surface area is 112 Å². The third-order valence-electron chi connectivity index (χ3n) is 3.82. The maximum Gasteiger partial charge on any atom is 0.223 e. The van der Waals surface area contributed by atoms with E-state index in [1.165, 1.54) is 24.3 Å². The van der Waals surface area contributed by atoms with Gasteiger partial charge in [-0.1, -0.05) is 19.1 Å². The van der Waals surface area contributed by atoms with Crippen molar-refractivity contribution in [1.29, 1.82) is 0 Å². The lowest BCUT2D eigenvalue weighted by atomic mass is 9.95.